The zero-order chi connectivity index (χ0) is 20.9. The molecule has 2 aromatic carbocycles. The minimum Gasteiger partial charge on any atom is -0.495 e. The zero-order valence-corrected chi connectivity index (χ0v) is 18.2. The van der Waals surface area contributed by atoms with Crippen molar-refractivity contribution in [1.82, 2.24) is 9.80 Å². The lowest BCUT2D eigenvalue weighted by atomic mass is 9.99. The Bertz CT molecular complexity index is 836. The second-order valence-corrected chi connectivity index (χ2v) is 8.61. The van der Waals surface area contributed by atoms with E-state index in [2.05, 4.69) is 34.9 Å². The van der Waals surface area contributed by atoms with Gasteiger partial charge in [-0.25, -0.2) is 0 Å². The maximum absolute atomic E-state index is 13.0. The molecule has 0 atom stereocenters. The number of likely N-dealkylation sites (tertiary alicyclic amines) is 1. The van der Waals surface area contributed by atoms with Gasteiger partial charge in [0.25, 0.3) is 5.91 Å². The molecule has 0 spiro atoms. The first-order chi connectivity index (χ1) is 14.6. The Morgan fingerprint density at radius 2 is 1.60 bits per heavy atom. The summed E-state index contributed by atoms with van der Waals surface area (Å²) in [6.45, 7) is 8.77. The average Bonchev–Trinajstić information content (AvgIpc) is 2.81. The number of piperidine rings is 1. The molecule has 0 aromatic heterocycles. The van der Waals surface area contributed by atoms with Crippen LogP contribution in [0.2, 0.25) is 0 Å². The summed E-state index contributed by atoms with van der Waals surface area (Å²) < 4.78 is 5.49. The van der Waals surface area contributed by atoms with Crippen LogP contribution in [0.4, 0.5) is 5.69 Å². The number of hydrogen-bond acceptors (Lipinski definition) is 4. The maximum atomic E-state index is 13.0. The first-order valence-electron chi connectivity index (χ1n) is 11.1. The summed E-state index contributed by atoms with van der Waals surface area (Å²) >= 11 is 0. The molecule has 2 aliphatic rings. The SMILES string of the molecule is COc1ccccc1N1CCN(C(=O)c2ccc(CN3CCC(C)CC3)cc2)CC1. The Kier molecular flexibility index (Phi) is 6.58. The summed E-state index contributed by atoms with van der Waals surface area (Å²) in [5.41, 5.74) is 3.18. The molecule has 2 aliphatic heterocycles. The standard InChI is InChI=1S/C25H33N3O2/c1-20-11-13-26(14-12-20)19-21-7-9-22(10-8-21)25(29)28-17-15-27(16-18-28)23-5-3-4-6-24(23)30-2/h3-10,20H,11-19H2,1-2H3. The fourth-order valence-electron chi connectivity index (χ4n) is 4.46. The molecular formula is C25H33N3O2. The van der Waals surface area contributed by atoms with Crippen LogP contribution in [0.5, 0.6) is 5.75 Å². The van der Waals surface area contributed by atoms with Gasteiger partial charge in [0.15, 0.2) is 0 Å². The molecule has 5 nitrogen and oxygen atoms in total. The van der Waals surface area contributed by atoms with E-state index in [1.54, 1.807) is 7.11 Å². The van der Waals surface area contributed by atoms with E-state index in [0.29, 0.717) is 0 Å². The van der Waals surface area contributed by atoms with Crippen LogP contribution >= 0.6 is 0 Å². The molecule has 2 heterocycles. The van der Waals surface area contributed by atoms with Gasteiger partial charge in [0.1, 0.15) is 5.75 Å². The molecule has 0 radical (unpaired) electrons. The zero-order valence-electron chi connectivity index (χ0n) is 18.2. The third kappa shape index (κ3) is 4.78. The highest BCUT2D eigenvalue weighted by molar-refractivity contribution is 5.94. The summed E-state index contributed by atoms with van der Waals surface area (Å²) in [6.07, 6.45) is 2.58. The Morgan fingerprint density at radius 1 is 0.933 bits per heavy atom. The number of nitrogens with zero attached hydrogens (tertiary/aromatic N) is 3. The van der Waals surface area contributed by atoms with Crippen LogP contribution in [0.25, 0.3) is 0 Å². The van der Waals surface area contributed by atoms with Gasteiger partial charge in [0.05, 0.1) is 12.8 Å². The van der Waals surface area contributed by atoms with Gasteiger partial charge in [0.2, 0.25) is 0 Å². The first kappa shape index (κ1) is 20.7. The number of anilines is 1. The summed E-state index contributed by atoms with van der Waals surface area (Å²) in [7, 11) is 1.70. The Hall–Kier alpha value is -2.53. The highest BCUT2D eigenvalue weighted by Gasteiger charge is 2.24. The number of para-hydroxylation sites is 2. The number of piperazine rings is 1. The highest BCUT2D eigenvalue weighted by atomic mass is 16.5. The van der Waals surface area contributed by atoms with Gasteiger partial charge in [-0.2, -0.15) is 0 Å². The van der Waals surface area contributed by atoms with Gasteiger partial charge in [-0.3, -0.25) is 9.69 Å². The highest BCUT2D eigenvalue weighted by Crippen LogP contribution is 2.28. The number of carbonyl (C=O) groups is 1. The van der Waals surface area contributed by atoms with Crippen LogP contribution < -0.4 is 9.64 Å². The number of amides is 1. The van der Waals surface area contributed by atoms with Crippen molar-refractivity contribution in [3.05, 3.63) is 59.7 Å². The van der Waals surface area contributed by atoms with Crippen LogP contribution in [0.15, 0.2) is 48.5 Å². The molecule has 1 amide bonds. The van der Waals surface area contributed by atoms with Crippen molar-refractivity contribution in [2.75, 3.05) is 51.3 Å². The van der Waals surface area contributed by atoms with Crippen molar-refractivity contribution in [1.29, 1.82) is 0 Å². The van der Waals surface area contributed by atoms with Crippen LogP contribution in [0.1, 0.15) is 35.7 Å². The van der Waals surface area contributed by atoms with Crippen LogP contribution in [-0.2, 0) is 6.54 Å². The normalized spacial score (nSPS) is 18.5. The molecule has 0 bridgehead atoms. The van der Waals surface area contributed by atoms with Crippen molar-refractivity contribution in [2.45, 2.75) is 26.3 Å². The van der Waals surface area contributed by atoms with Crippen molar-refractivity contribution in [3.63, 3.8) is 0 Å². The molecule has 0 N–H and O–H groups in total. The lowest BCUT2D eigenvalue weighted by Crippen LogP contribution is -2.48. The Labute approximate surface area is 180 Å². The summed E-state index contributed by atoms with van der Waals surface area (Å²) in [5, 5.41) is 0. The third-order valence-electron chi connectivity index (χ3n) is 6.48. The number of ether oxygens (including phenoxy) is 1. The molecule has 5 heteroatoms. The number of rotatable bonds is 5. The minimum atomic E-state index is 0.132. The molecule has 0 aliphatic carbocycles. The van der Waals surface area contributed by atoms with Crippen molar-refractivity contribution in [3.8, 4) is 5.75 Å². The summed E-state index contributed by atoms with van der Waals surface area (Å²) in [5.74, 6) is 1.87. The van der Waals surface area contributed by atoms with Gasteiger partial charge in [-0.15, -0.1) is 0 Å². The Morgan fingerprint density at radius 3 is 2.27 bits per heavy atom. The van der Waals surface area contributed by atoms with E-state index in [1.165, 1.54) is 31.5 Å². The van der Waals surface area contributed by atoms with E-state index in [-0.39, 0.29) is 5.91 Å². The van der Waals surface area contributed by atoms with E-state index in [9.17, 15) is 4.79 Å². The van der Waals surface area contributed by atoms with Crippen molar-refractivity contribution < 1.29 is 9.53 Å². The number of methoxy groups -OCH3 is 1. The van der Waals surface area contributed by atoms with E-state index in [0.717, 1.165) is 55.6 Å². The molecular weight excluding hydrogens is 374 g/mol. The van der Waals surface area contributed by atoms with E-state index in [4.69, 9.17) is 4.74 Å². The fourth-order valence-corrected chi connectivity index (χ4v) is 4.46. The summed E-state index contributed by atoms with van der Waals surface area (Å²) in [6, 6.07) is 16.3. The van der Waals surface area contributed by atoms with Gasteiger partial charge in [-0.1, -0.05) is 31.2 Å². The summed E-state index contributed by atoms with van der Waals surface area (Å²) in [4.78, 5) is 19.8. The molecule has 160 valence electrons. The van der Waals surface area contributed by atoms with E-state index >= 15 is 0 Å². The number of carbonyl (C=O) groups excluding carboxylic acids is 1. The second kappa shape index (κ2) is 9.52. The fraction of sp³-hybridized carbons (Fsp3) is 0.480. The van der Waals surface area contributed by atoms with E-state index in [1.807, 2.05) is 35.2 Å². The maximum Gasteiger partial charge on any atom is 0.253 e. The quantitative estimate of drug-likeness (QED) is 0.753. The molecule has 2 saturated heterocycles. The smallest absolute Gasteiger partial charge is 0.253 e. The van der Waals surface area contributed by atoms with Crippen molar-refractivity contribution >= 4 is 11.6 Å². The Balaban J connectivity index is 1.32. The monoisotopic (exact) mass is 407 g/mol. The third-order valence-corrected chi connectivity index (χ3v) is 6.48. The molecule has 0 saturated carbocycles. The minimum absolute atomic E-state index is 0.132. The lowest BCUT2D eigenvalue weighted by molar-refractivity contribution is 0.0746. The first-order valence-corrected chi connectivity index (χ1v) is 11.1. The van der Waals surface area contributed by atoms with Gasteiger partial charge < -0.3 is 14.5 Å². The number of benzene rings is 2. The number of hydrogen-bond donors (Lipinski definition) is 0. The predicted octanol–water partition coefficient (Wildman–Crippen LogP) is 3.89. The average molecular weight is 408 g/mol. The van der Waals surface area contributed by atoms with Crippen LogP contribution in [-0.4, -0.2) is 62.1 Å². The van der Waals surface area contributed by atoms with Gasteiger partial charge >= 0.3 is 0 Å². The molecule has 30 heavy (non-hydrogen) atoms. The topological polar surface area (TPSA) is 36.0 Å². The van der Waals surface area contributed by atoms with Crippen LogP contribution in [0, 0.1) is 5.92 Å². The predicted molar refractivity (Wildman–Crippen MR) is 121 cm³/mol. The van der Waals surface area contributed by atoms with Crippen molar-refractivity contribution in [2.24, 2.45) is 5.92 Å². The molecule has 2 aromatic rings. The van der Waals surface area contributed by atoms with Gasteiger partial charge in [0, 0.05) is 38.3 Å². The molecule has 0 unspecified atom stereocenters. The largest absolute Gasteiger partial charge is 0.495 e. The molecule has 4 rings (SSSR count). The van der Waals surface area contributed by atoms with Crippen LogP contribution in [0.3, 0.4) is 0 Å². The van der Waals surface area contributed by atoms with Gasteiger partial charge in [-0.05, 0) is 61.7 Å². The van der Waals surface area contributed by atoms with E-state index < -0.39 is 0 Å². The lowest BCUT2D eigenvalue weighted by Gasteiger charge is -2.36. The molecule has 2 fully saturated rings. The second-order valence-electron chi connectivity index (χ2n) is 8.61.